The molecule has 8 heteroatoms. The molecule has 4 rings (SSSR count). The van der Waals surface area contributed by atoms with Crippen molar-refractivity contribution < 1.29 is 18.0 Å². The summed E-state index contributed by atoms with van der Waals surface area (Å²) in [5, 5.41) is 3.50. The van der Waals surface area contributed by atoms with Gasteiger partial charge in [0.05, 0.1) is 4.91 Å². The maximum atomic E-state index is 13.8. The summed E-state index contributed by atoms with van der Waals surface area (Å²) in [6, 6.07) is 4.11. The Bertz CT molecular complexity index is 1040. The third kappa shape index (κ3) is 2.30. The first-order valence-electron chi connectivity index (χ1n) is 6.44. The average molecular weight is 348 g/mol. The van der Waals surface area contributed by atoms with Gasteiger partial charge in [-0.1, -0.05) is 24.0 Å². The Morgan fingerprint density at radius 3 is 2.91 bits per heavy atom. The Kier molecular flexibility index (Phi) is 3.17. The number of thioether (sulfide) groups is 1. The predicted molar refractivity (Wildman–Crippen MR) is 87.7 cm³/mol. The van der Waals surface area contributed by atoms with E-state index in [-0.39, 0.29) is 11.4 Å². The lowest BCUT2D eigenvalue weighted by molar-refractivity contribution is -0.115. The van der Waals surface area contributed by atoms with E-state index in [0.717, 1.165) is 17.8 Å². The van der Waals surface area contributed by atoms with Crippen molar-refractivity contribution in [2.45, 2.75) is 0 Å². The highest BCUT2D eigenvalue weighted by molar-refractivity contribution is 8.26. The first kappa shape index (κ1) is 14.3. The van der Waals surface area contributed by atoms with Crippen molar-refractivity contribution in [3.63, 3.8) is 0 Å². The second-order valence-corrected chi connectivity index (χ2v) is 6.52. The summed E-state index contributed by atoms with van der Waals surface area (Å²) in [4.78, 5) is 16.0. The molecule has 114 valence electrons. The maximum absolute atomic E-state index is 13.8. The third-order valence-electron chi connectivity index (χ3n) is 3.34. The first-order chi connectivity index (χ1) is 11.0. The number of furan rings is 1. The smallest absolute Gasteiger partial charge is 0.263 e. The van der Waals surface area contributed by atoms with Crippen molar-refractivity contribution in [2.24, 2.45) is 0 Å². The van der Waals surface area contributed by atoms with E-state index < -0.39 is 11.6 Å². The fourth-order valence-electron chi connectivity index (χ4n) is 2.34. The molecular formula is C15H6F2N2O2S2. The summed E-state index contributed by atoms with van der Waals surface area (Å²) < 4.78 is 33.1. The van der Waals surface area contributed by atoms with E-state index in [2.05, 4.69) is 10.3 Å². The number of thiocarbonyl (C=S) groups is 1. The molecule has 0 atom stereocenters. The van der Waals surface area contributed by atoms with E-state index >= 15 is 0 Å². The van der Waals surface area contributed by atoms with Crippen LogP contribution in [0, 0.1) is 11.6 Å². The molecular weight excluding hydrogens is 342 g/mol. The summed E-state index contributed by atoms with van der Waals surface area (Å²) in [5.41, 5.74) is 0.284. The van der Waals surface area contributed by atoms with Gasteiger partial charge in [-0.25, -0.2) is 8.78 Å². The number of halogens is 2. The SMILES string of the molecule is O=C1NC(=S)S/C1=C\c1cc2cnc3c(F)c(F)ccc3c2o1. The number of benzene rings is 1. The Hall–Kier alpha value is -2.32. The fraction of sp³-hybridized carbons (Fsp3) is 0. The van der Waals surface area contributed by atoms with Crippen molar-refractivity contribution in [3.05, 3.63) is 46.7 Å². The Labute approximate surface area is 137 Å². The number of nitrogens with zero attached hydrogens (tertiary/aromatic N) is 1. The molecule has 0 unspecified atom stereocenters. The summed E-state index contributed by atoms with van der Waals surface area (Å²) in [6.07, 6.45) is 2.95. The largest absolute Gasteiger partial charge is 0.456 e. The molecule has 1 N–H and O–H groups in total. The molecule has 1 aliphatic heterocycles. The van der Waals surface area contributed by atoms with Crippen LogP contribution in [0.1, 0.15) is 5.76 Å². The summed E-state index contributed by atoms with van der Waals surface area (Å²) in [5.74, 6) is -1.87. The van der Waals surface area contributed by atoms with Crippen LogP contribution in [0.15, 0.2) is 33.7 Å². The summed E-state index contributed by atoms with van der Waals surface area (Å²) >= 11 is 6.05. The van der Waals surface area contributed by atoms with Crippen LogP contribution in [0.3, 0.4) is 0 Å². The van der Waals surface area contributed by atoms with Crippen molar-refractivity contribution in [1.82, 2.24) is 10.3 Å². The highest BCUT2D eigenvalue weighted by Gasteiger charge is 2.23. The molecule has 0 bridgehead atoms. The van der Waals surface area contributed by atoms with E-state index in [1.807, 2.05) is 0 Å². The molecule has 1 aliphatic rings. The molecule has 3 heterocycles. The number of nitrogens with one attached hydrogen (secondary N) is 1. The van der Waals surface area contributed by atoms with Crippen molar-refractivity contribution in [2.75, 3.05) is 0 Å². The molecule has 1 aromatic carbocycles. The van der Waals surface area contributed by atoms with Crippen LogP contribution < -0.4 is 5.32 Å². The van der Waals surface area contributed by atoms with Crippen molar-refractivity contribution >= 4 is 62.2 Å². The lowest BCUT2D eigenvalue weighted by Gasteiger charge is -1.99. The Morgan fingerprint density at radius 2 is 2.17 bits per heavy atom. The molecule has 1 amide bonds. The molecule has 0 radical (unpaired) electrons. The highest BCUT2D eigenvalue weighted by atomic mass is 32.2. The number of amides is 1. The van der Waals surface area contributed by atoms with Gasteiger partial charge in [-0.15, -0.1) is 0 Å². The third-order valence-corrected chi connectivity index (χ3v) is 4.50. The minimum Gasteiger partial charge on any atom is -0.456 e. The van der Waals surface area contributed by atoms with Gasteiger partial charge in [-0.05, 0) is 18.2 Å². The fourth-order valence-corrected chi connectivity index (χ4v) is 3.36. The van der Waals surface area contributed by atoms with Gasteiger partial charge in [-0.3, -0.25) is 9.78 Å². The normalized spacial score (nSPS) is 16.7. The zero-order chi connectivity index (χ0) is 16.1. The van der Waals surface area contributed by atoms with Crippen molar-refractivity contribution in [3.8, 4) is 0 Å². The summed E-state index contributed by atoms with van der Waals surface area (Å²) in [7, 11) is 0. The summed E-state index contributed by atoms with van der Waals surface area (Å²) in [6.45, 7) is 0. The first-order valence-corrected chi connectivity index (χ1v) is 7.66. The number of hydrogen-bond donors (Lipinski definition) is 1. The maximum Gasteiger partial charge on any atom is 0.263 e. The standard InChI is InChI=1S/C15H6F2N2O2S2/c16-9-2-1-8-12(11(9)17)18-5-6-3-7(21-13(6)8)4-10-14(20)19-15(22)23-10/h1-5H,(H,19,20,22)/b10-4-. The monoisotopic (exact) mass is 348 g/mol. The Balaban J connectivity index is 1.90. The number of fused-ring (bicyclic) bond motifs is 3. The second-order valence-electron chi connectivity index (χ2n) is 4.80. The predicted octanol–water partition coefficient (Wildman–Crippen LogP) is 3.75. The van der Waals surface area contributed by atoms with E-state index in [1.54, 1.807) is 12.1 Å². The van der Waals surface area contributed by atoms with Crippen LogP contribution in [0.4, 0.5) is 8.78 Å². The quantitative estimate of drug-likeness (QED) is 0.536. The van der Waals surface area contributed by atoms with E-state index in [0.29, 0.717) is 31.3 Å². The number of carbonyl (C=O) groups excluding carboxylic acids is 1. The van der Waals surface area contributed by atoms with Gasteiger partial charge < -0.3 is 9.73 Å². The lowest BCUT2D eigenvalue weighted by atomic mass is 10.1. The minimum absolute atomic E-state index is 0.0970. The van der Waals surface area contributed by atoms with Gasteiger partial charge in [0.1, 0.15) is 21.2 Å². The molecule has 0 aliphatic carbocycles. The number of aromatic nitrogens is 1. The van der Waals surface area contributed by atoms with Crippen LogP contribution in [0.5, 0.6) is 0 Å². The van der Waals surface area contributed by atoms with Crippen LogP contribution in [0.25, 0.3) is 27.9 Å². The van der Waals surface area contributed by atoms with Crippen molar-refractivity contribution in [1.29, 1.82) is 0 Å². The average Bonchev–Trinajstić information content (AvgIpc) is 3.06. The van der Waals surface area contributed by atoms with Gasteiger partial charge in [0.2, 0.25) is 0 Å². The van der Waals surface area contributed by atoms with Gasteiger partial charge in [0, 0.05) is 23.0 Å². The molecule has 0 saturated carbocycles. The van der Waals surface area contributed by atoms with Crippen LogP contribution in [-0.4, -0.2) is 15.2 Å². The molecule has 1 saturated heterocycles. The topological polar surface area (TPSA) is 55.1 Å². The number of pyridine rings is 1. The van der Waals surface area contributed by atoms with Gasteiger partial charge in [0.25, 0.3) is 5.91 Å². The van der Waals surface area contributed by atoms with E-state index in [9.17, 15) is 13.6 Å². The molecule has 23 heavy (non-hydrogen) atoms. The van der Waals surface area contributed by atoms with E-state index in [1.165, 1.54) is 12.3 Å². The van der Waals surface area contributed by atoms with Gasteiger partial charge >= 0.3 is 0 Å². The number of rotatable bonds is 1. The van der Waals surface area contributed by atoms with Gasteiger partial charge in [-0.2, -0.15) is 0 Å². The minimum atomic E-state index is -1.02. The van der Waals surface area contributed by atoms with Gasteiger partial charge in [0.15, 0.2) is 11.6 Å². The van der Waals surface area contributed by atoms with Crippen LogP contribution in [-0.2, 0) is 4.79 Å². The molecule has 4 nitrogen and oxygen atoms in total. The zero-order valence-electron chi connectivity index (χ0n) is 11.2. The number of hydrogen-bond acceptors (Lipinski definition) is 5. The number of carbonyl (C=O) groups is 1. The second kappa shape index (κ2) is 5.10. The van der Waals surface area contributed by atoms with E-state index in [4.69, 9.17) is 16.6 Å². The lowest BCUT2D eigenvalue weighted by Crippen LogP contribution is -2.17. The van der Waals surface area contributed by atoms with Crippen LogP contribution in [0.2, 0.25) is 0 Å². The Morgan fingerprint density at radius 1 is 1.35 bits per heavy atom. The van der Waals surface area contributed by atoms with Crippen LogP contribution >= 0.6 is 24.0 Å². The molecule has 2 aromatic heterocycles. The molecule has 0 spiro atoms. The highest BCUT2D eigenvalue weighted by Crippen LogP contribution is 2.31. The molecule has 3 aromatic rings. The zero-order valence-corrected chi connectivity index (χ0v) is 12.9. The molecule has 1 fully saturated rings.